The molecule has 182 valence electrons. The fourth-order valence-electron chi connectivity index (χ4n) is 6.29. The summed E-state index contributed by atoms with van der Waals surface area (Å²) in [6, 6.07) is 8.75. The minimum atomic E-state index is -3.64. The van der Waals surface area contributed by atoms with Gasteiger partial charge in [-0.3, -0.25) is 0 Å². The van der Waals surface area contributed by atoms with Crippen LogP contribution in [0.25, 0.3) is 0 Å². The lowest BCUT2D eigenvalue weighted by Crippen LogP contribution is -2.28. The van der Waals surface area contributed by atoms with E-state index in [0.717, 1.165) is 48.6 Å². The molecule has 1 aromatic carbocycles. The van der Waals surface area contributed by atoms with Crippen molar-refractivity contribution in [3.63, 3.8) is 0 Å². The monoisotopic (exact) mass is 486 g/mol. The zero-order valence-corrected chi connectivity index (χ0v) is 21.8. The van der Waals surface area contributed by atoms with Crippen LogP contribution >= 0.6 is 11.6 Å². The third-order valence-electron chi connectivity index (χ3n) is 8.33. The molecule has 0 aromatic heterocycles. The van der Waals surface area contributed by atoms with Gasteiger partial charge in [-0.25, -0.2) is 4.39 Å². The molecule has 0 spiro atoms. The Labute approximate surface area is 200 Å². The van der Waals surface area contributed by atoms with Gasteiger partial charge in [0.05, 0.1) is 5.56 Å². The average molecular weight is 487 g/mol. The molecule has 0 atom stereocenters. The van der Waals surface area contributed by atoms with Crippen LogP contribution in [0, 0.1) is 23.6 Å². The van der Waals surface area contributed by atoms with Crippen LogP contribution in [0.15, 0.2) is 18.2 Å². The van der Waals surface area contributed by atoms with Gasteiger partial charge in [-0.05, 0) is 72.7 Å². The van der Waals surface area contributed by atoms with Gasteiger partial charge in [-0.2, -0.15) is 8.78 Å². The molecule has 1 aliphatic heterocycles. The van der Waals surface area contributed by atoms with Gasteiger partial charge >= 0.3 is 5.38 Å². The van der Waals surface area contributed by atoms with Crippen molar-refractivity contribution in [2.75, 3.05) is 0 Å². The van der Waals surface area contributed by atoms with E-state index >= 15 is 0 Å². The average Bonchev–Trinajstić information content (AvgIpc) is 2.77. The number of rotatable bonds is 11. The largest absolute Gasteiger partial charge is 0.351 e. The van der Waals surface area contributed by atoms with Crippen LogP contribution in [0.4, 0.5) is 13.2 Å². The maximum Gasteiger partial charge on any atom is 0.351 e. The Balaban J connectivity index is 1.29. The third-order valence-corrected chi connectivity index (χ3v) is 12.1. The summed E-state index contributed by atoms with van der Waals surface area (Å²) in [5.41, 5.74) is 0.0525. The van der Waals surface area contributed by atoms with Gasteiger partial charge in [0, 0.05) is 8.80 Å². The molecule has 0 nitrogen and oxygen atoms in total. The first kappa shape index (κ1) is 26.1. The highest BCUT2D eigenvalue weighted by molar-refractivity contribution is 6.58. The first-order chi connectivity index (χ1) is 15.4. The topological polar surface area (TPSA) is 0 Å². The molecule has 0 unspecified atom stereocenters. The van der Waals surface area contributed by atoms with E-state index < -0.39 is 25.6 Å². The minimum Gasteiger partial charge on any atom is -0.206 e. The second-order valence-corrected chi connectivity index (χ2v) is 14.6. The highest BCUT2D eigenvalue weighted by Gasteiger charge is 2.32. The Morgan fingerprint density at radius 3 is 2.25 bits per heavy atom. The van der Waals surface area contributed by atoms with Crippen molar-refractivity contribution >= 4 is 20.4 Å². The number of alkyl halides is 3. The Kier molecular flexibility index (Phi) is 10.5. The zero-order chi connectivity index (χ0) is 23.0. The summed E-state index contributed by atoms with van der Waals surface area (Å²) in [5, 5.41) is -3.64. The fourth-order valence-corrected chi connectivity index (χ4v) is 9.97. The lowest BCUT2D eigenvalue weighted by molar-refractivity contribution is 0.0906. The second-order valence-electron chi connectivity index (χ2n) is 10.6. The fraction of sp³-hybridized carbons (Fsp3) is 0.778. The van der Waals surface area contributed by atoms with Crippen LogP contribution < -0.4 is 0 Å². The SMILES string of the molecule is CCCCC[Si@H]1CC[C@H]([C@H]2CC[C@H](CCCCc3ccc(C(F)(F)Cl)c(F)c3)CC2)CC1. The van der Waals surface area contributed by atoms with Crippen molar-refractivity contribution in [3.8, 4) is 0 Å². The van der Waals surface area contributed by atoms with E-state index in [-0.39, 0.29) is 0 Å². The molecule has 32 heavy (non-hydrogen) atoms. The smallest absolute Gasteiger partial charge is 0.206 e. The van der Waals surface area contributed by atoms with Crippen LogP contribution in [0.5, 0.6) is 0 Å². The number of hydrogen-bond acceptors (Lipinski definition) is 0. The van der Waals surface area contributed by atoms with Crippen molar-refractivity contribution < 1.29 is 13.2 Å². The predicted octanol–water partition coefficient (Wildman–Crippen LogP) is 9.46. The molecule has 2 fully saturated rings. The van der Waals surface area contributed by atoms with Gasteiger partial charge in [0.1, 0.15) is 5.82 Å². The number of unbranched alkanes of at least 4 members (excludes halogenated alkanes) is 3. The molecule has 1 saturated carbocycles. The van der Waals surface area contributed by atoms with E-state index in [1.54, 1.807) is 24.2 Å². The Morgan fingerprint density at radius 2 is 1.62 bits per heavy atom. The standard InChI is InChI=1S/C27H42ClF3Si/c1-2-3-6-17-32-18-15-24(16-19-32)23-12-9-21(10-13-23)7-4-5-8-22-11-14-25(26(29)20-22)27(28,30)31/h11,14,20-21,23-24,32H,2-10,12-13,15-19H2,1H3/t21-,23-,24-,32-. The lowest BCUT2D eigenvalue weighted by Gasteiger charge is -2.37. The maximum absolute atomic E-state index is 13.9. The van der Waals surface area contributed by atoms with Gasteiger partial charge in [0.15, 0.2) is 0 Å². The minimum absolute atomic E-state index is 0.390. The molecule has 1 aromatic rings. The van der Waals surface area contributed by atoms with Crippen LogP contribution in [-0.2, 0) is 11.8 Å². The number of halogens is 4. The van der Waals surface area contributed by atoms with Crippen LogP contribution in [0.2, 0.25) is 18.1 Å². The van der Waals surface area contributed by atoms with Crippen molar-refractivity contribution in [3.05, 3.63) is 35.1 Å². The van der Waals surface area contributed by atoms with Gasteiger partial charge in [-0.1, -0.05) is 88.9 Å². The van der Waals surface area contributed by atoms with Crippen LogP contribution in [-0.4, -0.2) is 8.80 Å². The molecule has 2 aliphatic rings. The normalized spacial score (nSPS) is 26.9. The molecule has 1 aliphatic carbocycles. The molecule has 1 heterocycles. The summed E-state index contributed by atoms with van der Waals surface area (Å²) in [6.45, 7) is 2.31. The first-order valence-electron chi connectivity index (χ1n) is 13.2. The van der Waals surface area contributed by atoms with Crippen LogP contribution in [0.1, 0.15) is 95.1 Å². The highest BCUT2D eigenvalue weighted by atomic mass is 35.5. The van der Waals surface area contributed by atoms with Crippen molar-refractivity contribution in [1.82, 2.24) is 0 Å². The summed E-state index contributed by atoms with van der Waals surface area (Å²) >= 11 is 4.95. The molecule has 5 heteroatoms. The van der Waals surface area contributed by atoms with Crippen molar-refractivity contribution in [1.29, 1.82) is 0 Å². The van der Waals surface area contributed by atoms with E-state index in [9.17, 15) is 13.2 Å². The Morgan fingerprint density at radius 1 is 0.938 bits per heavy atom. The summed E-state index contributed by atoms with van der Waals surface area (Å²) in [4.78, 5) is 0. The van der Waals surface area contributed by atoms with Crippen molar-refractivity contribution in [2.24, 2.45) is 17.8 Å². The van der Waals surface area contributed by atoms with Gasteiger partial charge < -0.3 is 0 Å². The van der Waals surface area contributed by atoms with Gasteiger partial charge in [0.2, 0.25) is 0 Å². The number of benzene rings is 1. The molecular weight excluding hydrogens is 445 g/mol. The Bertz CT molecular complexity index is 674. The van der Waals surface area contributed by atoms with Gasteiger partial charge in [0.25, 0.3) is 0 Å². The predicted molar refractivity (Wildman–Crippen MR) is 133 cm³/mol. The molecule has 0 radical (unpaired) electrons. The molecule has 1 saturated heterocycles. The maximum atomic E-state index is 13.9. The van der Waals surface area contributed by atoms with Crippen molar-refractivity contribution in [2.45, 2.75) is 114 Å². The molecular formula is C27H42ClF3Si. The third kappa shape index (κ3) is 8.08. The van der Waals surface area contributed by atoms with Crippen LogP contribution in [0.3, 0.4) is 0 Å². The second kappa shape index (κ2) is 12.8. The summed E-state index contributed by atoms with van der Waals surface area (Å²) < 4.78 is 40.1. The Hall–Kier alpha value is -0.483. The first-order valence-corrected chi connectivity index (χ1v) is 16.0. The molecule has 0 bridgehead atoms. The van der Waals surface area contributed by atoms with E-state index in [0.29, 0.717) is 0 Å². The van der Waals surface area contributed by atoms with Gasteiger partial charge in [-0.15, -0.1) is 0 Å². The number of aryl methyl sites for hydroxylation is 1. The number of hydrogen-bond donors (Lipinski definition) is 0. The molecule has 0 amide bonds. The highest BCUT2D eigenvalue weighted by Crippen LogP contribution is 2.42. The zero-order valence-electron chi connectivity index (χ0n) is 19.9. The quantitative estimate of drug-likeness (QED) is 0.166. The molecule has 0 N–H and O–H groups in total. The van der Waals surface area contributed by atoms with E-state index in [4.69, 9.17) is 11.6 Å². The summed E-state index contributed by atoms with van der Waals surface area (Å²) in [7, 11) is -0.390. The summed E-state index contributed by atoms with van der Waals surface area (Å²) in [6.07, 6.45) is 17.1. The molecule has 3 rings (SSSR count). The van der Waals surface area contributed by atoms with E-state index in [1.165, 1.54) is 70.3 Å². The summed E-state index contributed by atoms with van der Waals surface area (Å²) in [5.74, 6) is 1.95. The van der Waals surface area contributed by atoms with E-state index in [2.05, 4.69) is 6.92 Å². The van der Waals surface area contributed by atoms with E-state index in [1.807, 2.05) is 0 Å². The lowest BCUT2D eigenvalue weighted by atomic mass is 9.73.